The van der Waals surface area contributed by atoms with E-state index in [2.05, 4.69) is 62.9 Å². The Hall–Kier alpha value is -2.30. The number of anilines is 2. The Labute approximate surface area is 136 Å². The molecule has 1 aromatic carbocycles. The van der Waals surface area contributed by atoms with Crippen LogP contribution in [0.1, 0.15) is 52.7 Å². The topological polar surface area (TPSA) is 78.0 Å². The lowest BCUT2D eigenvalue weighted by Gasteiger charge is -2.26. The molecule has 0 aliphatic rings. The molecule has 1 heterocycles. The molecule has 124 valence electrons. The zero-order valence-electron chi connectivity index (χ0n) is 14.6. The van der Waals surface area contributed by atoms with E-state index in [0.29, 0.717) is 0 Å². The van der Waals surface area contributed by atoms with Crippen LogP contribution in [0, 0.1) is 0 Å². The van der Waals surface area contributed by atoms with Gasteiger partial charge in [-0.1, -0.05) is 47.6 Å². The maximum Gasteiger partial charge on any atom is 0.256 e. The number of aromatic amines is 1. The molecule has 0 aliphatic carbocycles. The minimum absolute atomic E-state index is 0.00262. The number of hydrogen-bond acceptors (Lipinski definition) is 4. The van der Waals surface area contributed by atoms with Gasteiger partial charge in [-0.3, -0.25) is 9.78 Å². The molecule has 5 nitrogen and oxygen atoms in total. The number of rotatable bonds is 2. The number of hydrogen-bond donors (Lipinski definition) is 3. The van der Waals surface area contributed by atoms with Crippen LogP contribution in [0.2, 0.25) is 0 Å². The number of benzene rings is 1. The molecule has 0 amide bonds. The molecule has 0 radical (unpaired) electrons. The van der Waals surface area contributed by atoms with E-state index in [-0.39, 0.29) is 22.7 Å². The first-order valence-corrected chi connectivity index (χ1v) is 7.68. The summed E-state index contributed by atoms with van der Waals surface area (Å²) in [5.41, 5.74) is 2.80. The summed E-state index contributed by atoms with van der Waals surface area (Å²) in [6.45, 7) is 13.0. The van der Waals surface area contributed by atoms with E-state index in [1.165, 1.54) is 11.1 Å². The first kappa shape index (κ1) is 17.1. The highest BCUT2D eigenvalue weighted by molar-refractivity contribution is 5.58. The van der Waals surface area contributed by atoms with Crippen LogP contribution in [0.5, 0.6) is 5.88 Å². The van der Waals surface area contributed by atoms with Gasteiger partial charge in [0, 0.05) is 5.69 Å². The van der Waals surface area contributed by atoms with Gasteiger partial charge in [-0.25, -0.2) is 0 Å². The molecule has 0 aliphatic heterocycles. The van der Waals surface area contributed by atoms with Crippen LogP contribution in [0.25, 0.3) is 0 Å². The first-order valence-electron chi connectivity index (χ1n) is 7.68. The second-order valence-corrected chi connectivity index (χ2v) is 7.88. The lowest BCUT2D eigenvalue weighted by atomic mass is 9.80. The Morgan fingerprint density at radius 3 is 1.91 bits per heavy atom. The SMILES string of the molecule is CC(C)(C)c1cc(Nc2nc(O)cc(=O)[nH]2)cc(C(C)(C)C)c1. The number of nitrogens with zero attached hydrogens (tertiary/aromatic N) is 1. The molecular formula is C18H25N3O2. The van der Waals surface area contributed by atoms with E-state index in [1.54, 1.807) is 0 Å². The van der Waals surface area contributed by atoms with Crippen molar-refractivity contribution in [3.8, 4) is 5.88 Å². The van der Waals surface area contributed by atoms with Crippen molar-refractivity contribution in [1.29, 1.82) is 0 Å². The van der Waals surface area contributed by atoms with Gasteiger partial charge in [0.15, 0.2) is 0 Å². The Morgan fingerprint density at radius 1 is 0.957 bits per heavy atom. The Balaban J connectivity index is 2.51. The van der Waals surface area contributed by atoms with E-state index in [4.69, 9.17) is 0 Å². The number of nitrogens with one attached hydrogen (secondary N) is 2. The summed E-state index contributed by atoms with van der Waals surface area (Å²) in [5, 5.41) is 12.6. The van der Waals surface area contributed by atoms with Crippen LogP contribution in [-0.2, 0) is 10.8 Å². The molecule has 0 saturated carbocycles. The first-order chi connectivity index (χ1) is 10.4. The summed E-state index contributed by atoms with van der Waals surface area (Å²) >= 11 is 0. The van der Waals surface area contributed by atoms with Crippen LogP contribution in [0.15, 0.2) is 29.1 Å². The van der Waals surface area contributed by atoms with Gasteiger partial charge in [-0.2, -0.15) is 4.98 Å². The van der Waals surface area contributed by atoms with Crippen molar-refractivity contribution in [3.63, 3.8) is 0 Å². The maximum atomic E-state index is 11.5. The average Bonchev–Trinajstić information content (AvgIpc) is 2.34. The molecule has 2 rings (SSSR count). The van der Waals surface area contributed by atoms with Crippen molar-refractivity contribution < 1.29 is 5.11 Å². The zero-order chi connectivity index (χ0) is 17.4. The quantitative estimate of drug-likeness (QED) is 0.787. The van der Waals surface area contributed by atoms with Crippen molar-refractivity contribution >= 4 is 11.6 Å². The van der Waals surface area contributed by atoms with E-state index in [9.17, 15) is 9.90 Å². The monoisotopic (exact) mass is 315 g/mol. The summed E-state index contributed by atoms with van der Waals surface area (Å²) in [6, 6.07) is 7.33. The highest BCUT2D eigenvalue weighted by Gasteiger charge is 2.20. The van der Waals surface area contributed by atoms with E-state index < -0.39 is 5.56 Å². The van der Waals surface area contributed by atoms with Gasteiger partial charge in [0.1, 0.15) is 0 Å². The molecule has 3 N–H and O–H groups in total. The van der Waals surface area contributed by atoms with Gasteiger partial charge in [0.25, 0.3) is 5.56 Å². The normalized spacial score (nSPS) is 12.3. The summed E-state index contributed by atoms with van der Waals surface area (Å²) < 4.78 is 0. The van der Waals surface area contributed by atoms with Gasteiger partial charge in [0.05, 0.1) is 6.07 Å². The number of H-pyrrole nitrogens is 1. The molecule has 5 heteroatoms. The molecule has 0 unspecified atom stereocenters. The third kappa shape index (κ3) is 4.34. The fraction of sp³-hybridized carbons (Fsp3) is 0.444. The van der Waals surface area contributed by atoms with Crippen LogP contribution >= 0.6 is 0 Å². The minimum atomic E-state index is -0.400. The smallest absolute Gasteiger partial charge is 0.256 e. The largest absolute Gasteiger partial charge is 0.493 e. The highest BCUT2D eigenvalue weighted by atomic mass is 16.3. The van der Waals surface area contributed by atoms with E-state index >= 15 is 0 Å². The maximum absolute atomic E-state index is 11.5. The minimum Gasteiger partial charge on any atom is -0.493 e. The molecule has 0 spiro atoms. The molecule has 0 bridgehead atoms. The third-order valence-electron chi connectivity index (χ3n) is 3.66. The van der Waals surface area contributed by atoms with Gasteiger partial charge in [-0.15, -0.1) is 0 Å². The second-order valence-electron chi connectivity index (χ2n) is 7.88. The number of aromatic nitrogens is 2. The fourth-order valence-electron chi connectivity index (χ4n) is 2.21. The van der Waals surface area contributed by atoms with Gasteiger partial charge < -0.3 is 10.4 Å². The number of aromatic hydroxyl groups is 1. The van der Waals surface area contributed by atoms with Crippen molar-refractivity contribution in [3.05, 3.63) is 45.7 Å². The van der Waals surface area contributed by atoms with Gasteiger partial charge in [-0.05, 0) is 34.1 Å². The molecule has 0 saturated heterocycles. The summed E-state index contributed by atoms with van der Waals surface area (Å²) in [4.78, 5) is 17.9. The van der Waals surface area contributed by atoms with E-state index in [1.807, 2.05) is 12.1 Å². The standard InChI is InChI=1S/C18H25N3O2/c1-17(2,3)11-7-12(18(4,5)6)9-13(8-11)19-16-20-14(22)10-15(23)21-16/h7-10H,1-6H3,(H3,19,20,21,22,23). The van der Waals surface area contributed by atoms with Crippen LogP contribution < -0.4 is 10.9 Å². The summed E-state index contributed by atoms with van der Waals surface area (Å²) in [6.07, 6.45) is 0. The van der Waals surface area contributed by atoms with Gasteiger partial charge in [0.2, 0.25) is 11.8 Å². The van der Waals surface area contributed by atoms with Crippen molar-refractivity contribution in [2.24, 2.45) is 0 Å². The van der Waals surface area contributed by atoms with Crippen molar-refractivity contribution in [1.82, 2.24) is 9.97 Å². The van der Waals surface area contributed by atoms with Crippen LogP contribution in [0.4, 0.5) is 11.6 Å². The predicted molar refractivity (Wildman–Crippen MR) is 93.6 cm³/mol. The Morgan fingerprint density at radius 2 is 1.48 bits per heavy atom. The highest BCUT2D eigenvalue weighted by Crippen LogP contribution is 2.32. The molecule has 1 aromatic heterocycles. The van der Waals surface area contributed by atoms with Crippen molar-refractivity contribution in [2.45, 2.75) is 52.4 Å². The third-order valence-corrected chi connectivity index (χ3v) is 3.66. The van der Waals surface area contributed by atoms with Crippen LogP contribution in [0.3, 0.4) is 0 Å². The molecular weight excluding hydrogens is 290 g/mol. The molecule has 23 heavy (non-hydrogen) atoms. The lowest BCUT2D eigenvalue weighted by Crippen LogP contribution is -2.17. The van der Waals surface area contributed by atoms with Gasteiger partial charge >= 0.3 is 0 Å². The second kappa shape index (κ2) is 5.72. The molecule has 0 fully saturated rings. The summed E-state index contributed by atoms with van der Waals surface area (Å²) in [5.74, 6) is -0.0832. The Bertz CT molecular complexity index is 733. The Kier molecular flexibility index (Phi) is 4.24. The van der Waals surface area contributed by atoms with Crippen molar-refractivity contribution in [2.75, 3.05) is 5.32 Å². The van der Waals surface area contributed by atoms with E-state index in [0.717, 1.165) is 11.8 Å². The summed E-state index contributed by atoms with van der Waals surface area (Å²) in [7, 11) is 0. The average molecular weight is 315 g/mol. The molecule has 2 aromatic rings. The molecule has 0 atom stereocenters. The fourth-order valence-corrected chi connectivity index (χ4v) is 2.21. The predicted octanol–water partition coefficient (Wildman–Crippen LogP) is 3.81. The zero-order valence-corrected chi connectivity index (χ0v) is 14.6. The van der Waals surface area contributed by atoms with Crippen LogP contribution in [-0.4, -0.2) is 15.1 Å². The lowest BCUT2D eigenvalue weighted by molar-refractivity contribution is 0.452.